The Balaban J connectivity index is 2.31. The van der Waals surface area contributed by atoms with E-state index in [9.17, 15) is 9.90 Å². The van der Waals surface area contributed by atoms with E-state index in [1.807, 2.05) is 47.7 Å². The monoisotopic (exact) mass is 291 g/mol. The molecule has 0 spiro atoms. The quantitative estimate of drug-likeness (QED) is 0.808. The molecule has 0 saturated carbocycles. The Morgan fingerprint density at radius 3 is 2.81 bits per heavy atom. The van der Waals surface area contributed by atoms with E-state index in [0.29, 0.717) is 13.1 Å². The average molecular weight is 291 g/mol. The lowest BCUT2D eigenvalue weighted by Crippen LogP contribution is -2.27. The molecule has 0 aliphatic heterocycles. The molecule has 0 aliphatic rings. The van der Waals surface area contributed by atoms with Gasteiger partial charge < -0.3 is 14.8 Å². The van der Waals surface area contributed by atoms with Crippen molar-refractivity contribution < 1.29 is 15.0 Å². The van der Waals surface area contributed by atoms with Crippen molar-refractivity contribution in [3.8, 4) is 0 Å². The van der Waals surface area contributed by atoms with Gasteiger partial charge in [0.05, 0.1) is 30.1 Å². The highest BCUT2D eigenvalue weighted by Crippen LogP contribution is 2.23. The second kappa shape index (κ2) is 6.69. The van der Waals surface area contributed by atoms with Gasteiger partial charge in [-0.3, -0.25) is 9.69 Å². The van der Waals surface area contributed by atoms with Gasteiger partial charge in [0.15, 0.2) is 0 Å². The normalized spacial score (nSPS) is 13.0. The smallest absolute Gasteiger partial charge is 0.304 e. The second-order valence-corrected chi connectivity index (χ2v) is 5.13. The van der Waals surface area contributed by atoms with Crippen LogP contribution in [0.2, 0.25) is 0 Å². The highest BCUT2D eigenvalue weighted by molar-refractivity contribution is 5.76. The number of carbonyl (C=O) groups is 1. The summed E-state index contributed by atoms with van der Waals surface area (Å²) in [7, 11) is 1.89. The molecule has 21 heavy (non-hydrogen) atoms. The van der Waals surface area contributed by atoms with Crippen molar-refractivity contribution in [1.82, 2.24) is 14.5 Å². The minimum absolute atomic E-state index is 0.0247. The molecule has 0 saturated heterocycles. The zero-order valence-electron chi connectivity index (χ0n) is 12.4. The fourth-order valence-electron chi connectivity index (χ4n) is 2.41. The van der Waals surface area contributed by atoms with Crippen LogP contribution in [0.1, 0.15) is 25.2 Å². The van der Waals surface area contributed by atoms with Crippen LogP contribution in [0.3, 0.4) is 0 Å². The molecule has 6 nitrogen and oxygen atoms in total. The fourth-order valence-corrected chi connectivity index (χ4v) is 2.41. The number of carboxylic acids is 1. The summed E-state index contributed by atoms with van der Waals surface area (Å²) in [5.74, 6) is 0.0380. The Morgan fingerprint density at radius 2 is 2.14 bits per heavy atom. The fraction of sp³-hybridized carbons (Fsp3) is 0.467. The van der Waals surface area contributed by atoms with Gasteiger partial charge in [-0.1, -0.05) is 12.1 Å². The van der Waals surface area contributed by atoms with E-state index in [-0.39, 0.29) is 19.1 Å². The number of nitrogens with zero attached hydrogens (tertiary/aromatic N) is 3. The van der Waals surface area contributed by atoms with Crippen molar-refractivity contribution in [1.29, 1.82) is 0 Å². The first-order valence-corrected chi connectivity index (χ1v) is 7.02. The van der Waals surface area contributed by atoms with Crippen LogP contribution >= 0.6 is 0 Å². The topological polar surface area (TPSA) is 78.6 Å². The van der Waals surface area contributed by atoms with Gasteiger partial charge in [-0.05, 0) is 26.1 Å². The molecule has 0 amide bonds. The SMILES string of the molecule is CC(c1nc2ccccc2n1CCO)N(C)CCC(=O)O. The predicted molar refractivity (Wildman–Crippen MR) is 80.1 cm³/mol. The molecular weight excluding hydrogens is 270 g/mol. The number of fused-ring (bicyclic) bond motifs is 1. The van der Waals surface area contributed by atoms with Crippen molar-refractivity contribution in [3.63, 3.8) is 0 Å². The number of carboxylic acid groups (broad SMARTS) is 1. The Kier molecular flexibility index (Phi) is 4.93. The number of imidazole rings is 1. The Bertz CT molecular complexity index is 624. The van der Waals surface area contributed by atoms with E-state index < -0.39 is 5.97 Å². The van der Waals surface area contributed by atoms with Gasteiger partial charge in [0, 0.05) is 13.1 Å². The van der Waals surface area contributed by atoms with Gasteiger partial charge in [0.1, 0.15) is 5.82 Å². The number of benzene rings is 1. The maximum absolute atomic E-state index is 10.7. The Labute approximate surface area is 123 Å². The van der Waals surface area contributed by atoms with Crippen LogP contribution in [0.4, 0.5) is 0 Å². The molecule has 6 heteroatoms. The molecular formula is C15H21N3O3. The predicted octanol–water partition coefficient (Wildman–Crippen LogP) is 1.50. The summed E-state index contributed by atoms with van der Waals surface area (Å²) in [6, 6.07) is 7.77. The van der Waals surface area contributed by atoms with Crippen molar-refractivity contribution in [2.24, 2.45) is 0 Å². The highest BCUT2D eigenvalue weighted by Gasteiger charge is 2.20. The van der Waals surface area contributed by atoms with Gasteiger partial charge >= 0.3 is 5.97 Å². The zero-order chi connectivity index (χ0) is 15.4. The number of aliphatic hydroxyl groups is 1. The molecule has 114 valence electrons. The number of rotatable bonds is 7. The number of para-hydroxylation sites is 2. The molecule has 0 fully saturated rings. The van der Waals surface area contributed by atoms with Crippen LogP contribution in [0.5, 0.6) is 0 Å². The Morgan fingerprint density at radius 1 is 1.43 bits per heavy atom. The van der Waals surface area contributed by atoms with Crippen LogP contribution in [-0.2, 0) is 11.3 Å². The van der Waals surface area contributed by atoms with E-state index in [0.717, 1.165) is 16.9 Å². The third kappa shape index (κ3) is 3.40. The average Bonchev–Trinajstić information content (AvgIpc) is 2.83. The molecule has 1 unspecified atom stereocenters. The lowest BCUT2D eigenvalue weighted by molar-refractivity contribution is -0.137. The minimum atomic E-state index is -0.807. The molecule has 2 N–H and O–H groups in total. The summed E-state index contributed by atoms with van der Waals surface area (Å²) < 4.78 is 2.00. The molecule has 1 atom stereocenters. The summed E-state index contributed by atoms with van der Waals surface area (Å²) in [4.78, 5) is 17.3. The van der Waals surface area contributed by atoms with Crippen molar-refractivity contribution in [3.05, 3.63) is 30.1 Å². The van der Waals surface area contributed by atoms with E-state index in [2.05, 4.69) is 4.98 Å². The summed E-state index contributed by atoms with van der Waals surface area (Å²) in [6.45, 7) is 2.97. The maximum Gasteiger partial charge on any atom is 0.304 e. The lowest BCUT2D eigenvalue weighted by atomic mass is 10.2. The van der Waals surface area contributed by atoms with Crippen molar-refractivity contribution >= 4 is 17.0 Å². The Hall–Kier alpha value is -1.92. The van der Waals surface area contributed by atoms with Crippen LogP contribution in [-0.4, -0.2) is 50.8 Å². The molecule has 2 rings (SSSR count). The van der Waals surface area contributed by atoms with Crippen LogP contribution < -0.4 is 0 Å². The molecule has 0 radical (unpaired) electrons. The third-order valence-electron chi connectivity index (χ3n) is 3.72. The number of aromatic nitrogens is 2. The van der Waals surface area contributed by atoms with Crippen LogP contribution in [0.15, 0.2) is 24.3 Å². The summed E-state index contributed by atoms with van der Waals surface area (Å²) in [5, 5.41) is 18.1. The largest absolute Gasteiger partial charge is 0.481 e. The second-order valence-electron chi connectivity index (χ2n) is 5.13. The molecule has 0 aliphatic carbocycles. The standard InChI is InChI=1S/C15H21N3O3/c1-11(17(2)8-7-14(20)21)15-16-12-5-3-4-6-13(12)18(15)9-10-19/h3-6,11,19H,7-10H2,1-2H3,(H,20,21). The van der Waals surface area contributed by atoms with Crippen LogP contribution in [0, 0.1) is 0 Å². The first-order chi connectivity index (χ1) is 10.0. The van der Waals surface area contributed by atoms with E-state index in [1.165, 1.54) is 0 Å². The van der Waals surface area contributed by atoms with Gasteiger partial charge in [-0.25, -0.2) is 4.98 Å². The first-order valence-electron chi connectivity index (χ1n) is 7.02. The molecule has 1 heterocycles. The number of hydrogen-bond acceptors (Lipinski definition) is 4. The third-order valence-corrected chi connectivity index (χ3v) is 3.72. The molecule has 1 aromatic carbocycles. The summed E-state index contributed by atoms with van der Waals surface area (Å²) in [5.41, 5.74) is 1.87. The number of aliphatic hydroxyl groups excluding tert-OH is 1. The summed E-state index contributed by atoms with van der Waals surface area (Å²) >= 11 is 0. The maximum atomic E-state index is 10.7. The molecule has 0 bridgehead atoms. The number of aliphatic carboxylic acids is 1. The van der Waals surface area contributed by atoms with Gasteiger partial charge in [-0.15, -0.1) is 0 Å². The highest BCUT2D eigenvalue weighted by atomic mass is 16.4. The first kappa shape index (κ1) is 15.5. The molecule has 1 aromatic heterocycles. The molecule has 2 aromatic rings. The van der Waals surface area contributed by atoms with E-state index >= 15 is 0 Å². The van der Waals surface area contributed by atoms with E-state index in [1.54, 1.807) is 0 Å². The van der Waals surface area contributed by atoms with Crippen molar-refractivity contribution in [2.75, 3.05) is 20.2 Å². The van der Waals surface area contributed by atoms with Crippen molar-refractivity contribution in [2.45, 2.75) is 25.9 Å². The van der Waals surface area contributed by atoms with Gasteiger partial charge in [0.25, 0.3) is 0 Å². The minimum Gasteiger partial charge on any atom is -0.481 e. The van der Waals surface area contributed by atoms with Gasteiger partial charge in [-0.2, -0.15) is 0 Å². The lowest BCUT2D eigenvalue weighted by Gasteiger charge is -2.24. The number of hydrogen-bond donors (Lipinski definition) is 2. The summed E-state index contributed by atoms with van der Waals surface area (Å²) in [6.07, 6.45) is 0.0983. The van der Waals surface area contributed by atoms with Crippen LogP contribution in [0.25, 0.3) is 11.0 Å². The van der Waals surface area contributed by atoms with E-state index in [4.69, 9.17) is 5.11 Å². The zero-order valence-corrected chi connectivity index (χ0v) is 12.4. The van der Waals surface area contributed by atoms with Gasteiger partial charge in [0.2, 0.25) is 0 Å².